The molecule has 0 aliphatic carbocycles. The minimum Gasteiger partial charge on any atom is -0.496 e. The predicted octanol–water partition coefficient (Wildman–Crippen LogP) is 2.98. The summed E-state index contributed by atoms with van der Waals surface area (Å²) < 4.78 is 15.3. The Morgan fingerprint density at radius 1 is 1.04 bits per heavy atom. The Bertz CT molecular complexity index is 776. The van der Waals surface area contributed by atoms with E-state index >= 15 is 0 Å². The smallest absolute Gasteiger partial charge is 0.342 e. The van der Waals surface area contributed by atoms with E-state index in [-0.39, 0.29) is 27.8 Å². The standard InChI is InChI=1S/C17H16ClNO5/c1-22-15-6-4-3-5-10(15)14(20)9-24-17(21)11-7-12(18)13(19)8-16(11)23-2/h3-8H,9,19H2,1-2H3. The van der Waals surface area contributed by atoms with Crippen LogP contribution in [0.5, 0.6) is 11.5 Å². The van der Waals surface area contributed by atoms with Crippen molar-refractivity contribution in [3.05, 3.63) is 52.5 Å². The van der Waals surface area contributed by atoms with E-state index in [0.29, 0.717) is 11.3 Å². The summed E-state index contributed by atoms with van der Waals surface area (Å²) in [4.78, 5) is 24.4. The highest BCUT2D eigenvalue weighted by Crippen LogP contribution is 2.29. The average Bonchev–Trinajstić information content (AvgIpc) is 2.61. The molecular formula is C17H16ClNO5. The van der Waals surface area contributed by atoms with E-state index in [9.17, 15) is 9.59 Å². The van der Waals surface area contributed by atoms with Gasteiger partial charge in [-0.1, -0.05) is 23.7 Å². The zero-order valence-electron chi connectivity index (χ0n) is 13.2. The summed E-state index contributed by atoms with van der Waals surface area (Å²) in [7, 11) is 2.85. The fraction of sp³-hybridized carbons (Fsp3) is 0.176. The first-order valence-corrected chi connectivity index (χ1v) is 7.32. The number of Topliss-reactive ketones (excluding diaryl/α,β-unsaturated/α-hetero) is 1. The number of carbonyl (C=O) groups excluding carboxylic acids is 2. The van der Waals surface area contributed by atoms with Crippen LogP contribution in [0.1, 0.15) is 20.7 Å². The summed E-state index contributed by atoms with van der Waals surface area (Å²) in [6.07, 6.45) is 0. The molecule has 6 nitrogen and oxygen atoms in total. The van der Waals surface area contributed by atoms with Gasteiger partial charge in [0.2, 0.25) is 5.78 Å². The van der Waals surface area contributed by atoms with E-state index in [0.717, 1.165) is 0 Å². The van der Waals surface area contributed by atoms with Crippen LogP contribution in [0, 0.1) is 0 Å². The molecule has 0 aliphatic rings. The first-order chi connectivity index (χ1) is 11.5. The number of carbonyl (C=O) groups is 2. The molecule has 126 valence electrons. The van der Waals surface area contributed by atoms with E-state index < -0.39 is 12.6 Å². The largest absolute Gasteiger partial charge is 0.496 e. The van der Waals surface area contributed by atoms with E-state index in [1.165, 1.54) is 26.4 Å². The summed E-state index contributed by atoms with van der Waals surface area (Å²) >= 11 is 5.91. The SMILES string of the molecule is COc1ccccc1C(=O)COC(=O)c1cc(Cl)c(N)cc1OC. The van der Waals surface area contributed by atoms with Crippen LogP contribution in [0.4, 0.5) is 5.69 Å². The Morgan fingerprint density at radius 2 is 1.71 bits per heavy atom. The molecule has 0 radical (unpaired) electrons. The van der Waals surface area contributed by atoms with Crippen LogP contribution in [0.3, 0.4) is 0 Å². The third-order valence-corrected chi connectivity index (χ3v) is 3.61. The second kappa shape index (κ2) is 7.70. The lowest BCUT2D eigenvalue weighted by atomic mass is 10.1. The fourth-order valence-corrected chi connectivity index (χ4v) is 2.22. The molecule has 2 aromatic carbocycles. The molecule has 0 saturated carbocycles. The molecule has 0 aromatic heterocycles. The highest BCUT2D eigenvalue weighted by molar-refractivity contribution is 6.33. The summed E-state index contributed by atoms with van der Waals surface area (Å²) in [5.41, 5.74) is 6.35. The van der Waals surface area contributed by atoms with Gasteiger partial charge in [-0.2, -0.15) is 0 Å². The summed E-state index contributed by atoms with van der Waals surface area (Å²) in [6.45, 7) is -0.440. The first kappa shape index (κ1) is 17.6. The Hall–Kier alpha value is -2.73. The topological polar surface area (TPSA) is 87.9 Å². The zero-order chi connectivity index (χ0) is 17.7. The predicted molar refractivity (Wildman–Crippen MR) is 90.0 cm³/mol. The minimum atomic E-state index is -0.739. The third-order valence-electron chi connectivity index (χ3n) is 3.28. The number of hydrogen-bond acceptors (Lipinski definition) is 6. The maximum absolute atomic E-state index is 12.2. The van der Waals surface area contributed by atoms with Crippen LogP contribution in [-0.4, -0.2) is 32.6 Å². The number of para-hydroxylation sites is 1. The Labute approximate surface area is 144 Å². The normalized spacial score (nSPS) is 10.1. The number of ketones is 1. The van der Waals surface area contributed by atoms with Crippen molar-refractivity contribution in [3.63, 3.8) is 0 Å². The Balaban J connectivity index is 2.13. The first-order valence-electron chi connectivity index (χ1n) is 6.94. The van der Waals surface area contributed by atoms with Crippen molar-refractivity contribution in [1.29, 1.82) is 0 Å². The third kappa shape index (κ3) is 3.78. The van der Waals surface area contributed by atoms with Crippen LogP contribution < -0.4 is 15.2 Å². The average molecular weight is 350 g/mol. The molecule has 0 bridgehead atoms. The van der Waals surface area contributed by atoms with Gasteiger partial charge in [0.1, 0.15) is 17.1 Å². The van der Waals surface area contributed by atoms with Crippen molar-refractivity contribution in [3.8, 4) is 11.5 Å². The molecule has 0 atom stereocenters. The lowest BCUT2D eigenvalue weighted by Crippen LogP contribution is -2.15. The number of esters is 1. The van der Waals surface area contributed by atoms with Crippen LogP contribution in [0.15, 0.2) is 36.4 Å². The van der Waals surface area contributed by atoms with Crippen molar-refractivity contribution >= 4 is 29.0 Å². The molecule has 0 unspecified atom stereocenters. The number of methoxy groups -OCH3 is 2. The zero-order valence-corrected chi connectivity index (χ0v) is 13.9. The molecule has 2 aromatic rings. The Morgan fingerprint density at radius 3 is 2.38 bits per heavy atom. The van der Waals surface area contributed by atoms with Crippen molar-refractivity contribution in [2.24, 2.45) is 0 Å². The molecule has 7 heteroatoms. The van der Waals surface area contributed by atoms with Gasteiger partial charge < -0.3 is 19.9 Å². The number of nitrogens with two attached hydrogens (primary N) is 1. The van der Waals surface area contributed by atoms with Gasteiger partial charge in [-0.25, -0.2) is 4.79 Å². The quantitative estimate of drug-likeness (QED) is 0.490. The van der Waals surface area contributed by atoms with Gasteiger partial charge >= 0.3 is 5.97 Å². The second-order valence-corrected chi connectivity index (χ2v) is 5.18. The molecule has 0 saturated heterocycles. The molecule has 0 spiro atoms. The summed E-state index contributed by atoms with van der Waals surface area (Å²) in [5, 5.41) is 0.193. The lowest BCUT2D eigenvalue weighted by Gasteiger charge is -2.11. The maximum Gasteiger partial charge on any atom is 0.342 e. The van der Waals surface area contributed by atoms with Crippen molar-refractivity contribution in [2.75, 3.05) is 26.6 Å². The van der Waals surface area contributed by atoms with E-state index in [1.54, 1.807) is 24.3 Å². The van der Waals surface area contributed by atoms with Crippen molar-refractivity contribution in [1.82, 2.24) is 0 Å². The van der Waals surface area contributed by atoms with Crippen molar-refractivity contribution < 1.29 is 23.8 Å². The highest BCUT2D eigenvalue weighted by Gasteiger charge is 2.19. The van der Waals surface area contributed by atoms with Gasteiger partial charge in [0.05, 0.1) is 30.5 Å². The lowest BCUT2D eigenvalue weighted by molar-refractivity contribution is 0.0471. The summed E-state index contributed by atoms with van der Waals surface area (Å²) in [6, 6.07) is 9.43. The number of nitrogen functional groups attached to an aromatic ring is 1. The summed E-state index contributed by atoms with van der Waals surface area (Å²) in [5.74, 6) is -0.503. The molecule has 24 heavy (non-hydrogen) atoms. The Kier molecular flexibility index (Phi) is 5.65. The number of hydrogen-bond donors (Lipinski definition) is 1. The number of benzene rings is 2. The van der Waals surface area contributed by atoms with Crippen LogP contribution >= 0.6 is 11.6 Å². The molecular weight excluding hydrogens is 334 g/mol. The monoisotopic (exact) mass is 349 g/mol. The van der Waals surface area contributed by atoms with Gasteiger partial charge in [-0.3, -0.25) is 4.79 Å². The van der Waals surface area contributed by atoms with Gasteiger partial charge in [0.15, 0.2) is 6.61 Å². The maximum atomic E-state index is 12.2. The van der Waals surface area contributed by atoms with Crippen LogP contribution in [0.25, 0.3) is 0 Å². The van der Waals surface area contributed by atoms with Gasteiger partial charge in [0, 0.05) is 6.07 Å². The second-order valence-electron chi connectivity index (χ2n) is 4.77. The van der Waals surface area contributed by atoms with Crippen molar-refractivity contribution in [2.45, 2.75) is 0 Å². The number of ether oxygens (including phenoxy) is 3. The van der Waals surface area contributed by atoms with Crippen LogP contribution in [-0.2, 0) is 4.74 Å². The molecule has 0 aliphatic heterocycles. The molecule has 0 heterocycles. The van der Waals surface area contributed by atoms with E-state index in [4.69, 9.17) is 31.5 Å². The molecule has 2 N–H and O–H groups in total. The number of rotatable bonds is 6. The molecule has 0 fully saturated rings. The number of anilines is 1. The highest BCUT2D eigenvalue weighted by atomic mass is 35.5. The van der Waals surface area contributed by atoms with Gasteiger partial charge in [-0.15, -0.1) is 0 Å². The van der Waals surface area contributed by atoms with Crippen LogP contribution in [0.2, 0.25) is 5.02 Å². The molecule has 2 rings (SSSR count). The van der Waals surface area contributed by atoms with Gasteiger partial charge in [0.25, 0.3) is 0 Å². The van der Waals surface area contributed by atoms with E-state index in [2.05, 4.69) is 0 Å². The van der Waals surface area contributed by atoms with Gasteiger partial charge in [-0.05, 0) is 18.2 Å². The minimum absolute atomic E-state index is 0.0875. The number of halogens is 1. The van der Waals surface area contributed by atoms with E-state index in [1.807, 2.05) is 0 Å². The fourth-order valence-electron chi connectivity index (χ4n) is 2.06. The molecule has 0 amide bonds.